The Bertz CT molecular complexity index is 958. The largest absolute Gasteiger partial charge is 0.465 e. The Kier molecular flexibility index (Phi) is 8.03. The van der Waals surface area contributed by atoms with E-state index in [1.54, 1.807) is 12.1 Å². The van der Waals surface area contributed by atoms with E-state index < -0.39 is 0 Å². The number of carbonyl (C=O) groups excluding carboxylic acids is 2. The Hall–Kier alpha value is -3.10. The first-order valence-electron chi connectivity index (χ1n) is 11.9. The SMILES string of the molecule is COC(=O)c1ccc(N2CCN(CCC(=O)Nc3ccc(N4CCOCC4)cc3)C(C)C2)cc1. The first-order chi connectivity index (χ1) is 16.5. The molecule has 0 spiro atoms. The molecule has 2 aliphatic heterocycles. The monoisotopic (exact) mass is 466 g/mol. The highest BCUT2D eigenvalue weighted by Gasteiger charge is 2.24. The molecule has 2 heterocycles. The van der Waals surface area contributed by atoms with Gasteiger partial charge in [-0.25, -0.2) is 4.79 Å². The van der Waals surface area contributed by atoms with Crippen LogP contribution in [0, 0.1) is 0 Å². The third-order valence-corrected chi connectivity index (χ3v) is 6.57. The van der Waals surface area contributed by atoms with Crippen LogP contribution in [-0.4, -0.2) is 82.4 Å². The summed E-state index contributed by atoms with van der Waals surface area (Å²) in [5.41, 5.74) is 3.64. The molecule has 8 nitrogen and oxygen atoms in total. The number of benzene rings is 2. The zero-order chi connectivity index (χ0) is 23.9. The van der Waals surface area contributed by atoms with E-state index in [1.165, 1.54) is 7.11 Å². The van der Waals surface area contributed by atoms with Crippen LogP contribution in [0.2, 0.25) is 0 Å². The van der Waals surface area contributed by atoms with Crippen LogP contribution in [0.3, 0.4) is 0 Å². The molecule has 34 heavy (non-hydrogen) atoms. The fourth-order valence-electron chi connectivity index (χ4n) is 4.53. The van der Waals surface area contributed by atoms with Crippen LogP contribution < -0.4 is 15.1 Å². The summed E-state index contributed by atoms with van der Waals surface area (Å²) in [7, 11) is 1.39. The summed E-state index contributed by atoms with van der Waals surface area (Å²) < 4.78 is 10.2. The first-order valence-corrected chi connectivity index (χ1v) is 11.9. The molecule has 2 saturated heterocycles. The van der Waals surface area contributed by atoms with E-state index >= 15 is 0 Å². The lowest BCUT2D eigenvalue weighted by molar-refractivity contribution is -0.116. The summed E-state index contributed by atoms with van der Waals surface area (Å²) in [5.74, 6) is -0.289. The van der Waals surface area contributed by atoms with Gasteiger partial charge in [0, 0.05) is 68.8 Å². The average Bonchev–Trinajstić information content (AvgIpc) is 2.88. The summed E-state index contributed by atoms with van der Waals surface area (Å²) in [4.78, 5) is 31.1. The minimum Gasteiger partial charge on any atom is -0.465 e. The Morgan fingerprint density at radius 1 is 0.941 bits per heavy atom. The summed E-state index contributed by atoms with van der Waals surface area (Å²) in [6.45, 7) is 8.88. The second-order valence-electron chi connectivity index (χ2n) is 8.81. The van der Waals surface area contributed by atoms with Crippen LogP contribution in [0.4, 0.5) is 17.1 Å². The zero-order valence-electron chi connectivity index (χ0n) is 20.0. The Balaban J connectivity index is 1.22. The fourth-order valence-corrected chi connectivity index (χ4v) is 4.53. The number of anilines is 3. The van der Waals surface area contributed by atoms with Crippen LogP contribution in [0.15, 0.2) is 48.5 Å². The van der Waals surface area contributed by atoms with E-state index in [1.807, 2.05) is 24.3 Å². The maximum absolute atomic E-state index is 12.5. The molecule has 0 radical (unpaired) electrons. The van der Waals surface area contributed by atoms with E-state index in [2.05, 4.69) is 39.1 Å². The van der Waals surface area contributed by atoms with Gasteiger partial charge in [0.05, 0.1) is 25.9 Å². The number of hydrogen-bond acceptors (Lipinski definition) is 7. The van der Waals surface area contributed by atoms with Crippen molar-refractivity contribution in [3.63, 3.8) is 0 Å². The lowest BCUT2D eigenvalue weighted by atomic mass is 10.1. The summed E-state index contributed by atoms with van der Waals surface area (Å²) in [5, 5.41) is 3.02. The van der Waals surface area contributed by atoms with Gasteiger partial charge in [-0.15, -0.1) is 0 Å². The number of nitrogens with one attached hydrogen (secondary N) is 1. The molecule has 1 atom stereocenters. The van der Waals surface area contributed by atoms with Crippen molar-refractivity contribution in [1.29, 1.82) is 0 Å². The molecule has 182 valence electrons. The van der Waals surface area contributed by atoms with Crippen molar-refractivity contribution in [2.24, 2.45) is 0 Å². The summed E-state index contributed by atoms with van der Waals surface area (Å²) in [6, 6.07) is 15.9. The molecule has 2 aromatic carbocycles. The highest BCUT2D eigenvalue weighted by atomic mass is 16.5. The van der Waals surface area contributed by atoms with Gasteiger partial charge in [-0.1, -0.05) is 0 Å². The molecular formula is C26H34N4O4. The molecule has 0 aliphatic carbocycles. The Labute approximate surface area is 201 Å². The number of morpholine rings is 1. The molecule has 2 aromatic rings. The second-order valence-corrected chi connectivity index (χ2v) is 8.81. The molecule has 4 rings (SSSR count). The van der Waals surface area contributed by atoms with Gasteiger partial charge in [0.1, 0.15) is 0 Å². The molecule has 1 unspecified atom stereocenters. The van der Waals surface area contributed by atoms with Gasteiger partial charge < -0.3 is 24.6 Å². The van der Waals surface area contributed by atoms with Gasteiger partial charge in [0.2, 0.25) is 5.91 Å². The first kappa shape index (κ1) is 24.0. The molecule has 0 bridgehead atoms. The quantitative estimate of drug-likeness (QED) is 0.629. The number of amides is 1. The molecule has 0 aromatic heterocycles. The number of piperazine rings is 1. The van der Waals surface area contributed by atoms with Crippen molar-refractivity contribution in [2.75, 3.05) is 74.7 Å². The molecule has 1 amide bonds. The molecule has 1 N–H and O–H groups in total. The van der Waals surface area contributed by atoms with E-state index in [-0.39, 0.29) is 11.9 Å². The number of hydrogen-bond donors (Lipinski definition) is 1. The molecule has 8 heteroatoms. The van der Waals surface area contributed by atoms with E-state index in [0.29, 0.717) is 18.0 Å². The predicted octanol–water partition coefficient (Wildman–Crippen LogP) is 2.85. The van der Waals surface area contributed by atoms with Crippen molar-refractivity contribution < 1.29 is 19.1 Å². The van der Waals surface area contributed by atoms with Crippen LogP contribution in [-0.2, 0) is 14.3 Å². The zero-order valence-corrected chi connectivity index (χ0v) is 20.0. The minimum absolute atomic E-state index is 0.0344. The number of esters is 1. The fraction of sp³-hybridized carbons (Fsp3) is 0.462. The van der Waals surface area contributed by atoms with Crippen LogP contribution in [0.25, 0.3) is 0 Å². The molecular weight excluding hydrogens is 432 g/mol. The Morgan fingerprint density at radius 3 is 2.24 bits per heavy atom. The predicted molar refractivity (Wildman–Crippen MR) is 134 cm³/mol. The lowest BCUT2D eigenvalue weighted by Gasteiger charge is -2.41. The van der Waals surface area contributed by atoms with Gasteiger partial charge in [0.25, 0.3) is 0 Å². The molecule has 0 saturated carbocycles. The number of nitrogens with zero attached hydrogens (tertiary/aromatic N) is 3. The standard InChI is InChI=1S/C26H34N4O4/c1-20-19-30(24-7-3-21(4-8-24)26(32)33-2)14-13-28(20)12-11-25(31)27-22-5-9-23(10-6-22)29-15-17-34-18-16-29/h3-10,20H,11-19H2,1-2H3,(H,27,31). The molecule has 2 aliphatic rings. The van der Waals surface area contributed by atoms with Crippen molar-refractivity contribution in [1.82, 2.24) is 4.90 Å². The van der Waals surface area contributed by atoms with Gasteiger partial charge in [-0.2, -0.15) is 0 Å². The number of rotatable bonds is 7. The Morgan fingerprint density at radius 2 is 1.59 bits per heavy atom. The average molecular weight is 467 g/mol. The van der Waals surface area contributed by atoms with Crippen LogP contribution in [0.5, 0.6) is 0 Å². The van der Waals surface area contributed by atoms with Gasteiger partial charge in [-0.05, 0) is 55.5 Å². The van der Waals surface area contributed by atoms with Gasteiger partial charge in [0.15, 0.2) is 0 Å². The molecule has 2 fully saturated rings. The highest BCUT2D eigenvalue weighted by Crippen LogP contribution is 2.21. The van der Waals surface area contributed by atoms with Crippen molar-refractivity contribution in [3.05, 3.63) is 54.1 Å². The highest BCUT2D eigenvalue weighted by molar-refractivity contribution is 5.91. The van der Waals surface area contributed by atoms with Crippen molar-refractivity contribution in [3.8, 4) is 0 Å². The van der Waals surface area contributed by atoms with Crippen molar-refractivity contribution in [2.45, 2.75) is 19.4 Å². The normalized spacial score (nSPS) is 19.1. The van der Waals surface area contributed by atoms with E-state index in [4.69, 9.17) is 9.47 Å². The summed E-state index contributed by atoms with van der Waals surface area (Å²) in [6.07, 6.45) is 0.462. The van der Waals surface area contributed by atoms with Crippen LogP contribution >= 0.6 is 0 Å². The number of carbonyl (C=O) groups is 2. The van der Waals surface area contributed by atoms with Crippen molar-refractivity contribution >= 4 is 28.9 Å². The maximum atomic E-state index is 12.5. The van der Waals surface area contributed by atoms with E-state index in [0.717, 1.165) is 69.5 Å². The lowest BCUT2D eigenvalue weighted by Crippen LogP contribution is -2.52. The maximum Gasteiger partial charge on any atom is 0.337 e. The van der Waals surface area contributed by atoms with Crippen LogP contribution in [0.1, 0.15) is 23.7 Å². The van der Waals surface area contributed by atoms with Gasteiger partial charge >= 0.3 is 5.97 Å². The number of ether oxygens (including phenoxy) is 2. The number of methoxy groups -OCH3 is 1. The third kappa shape index (κ3) is 6.07. The smallest absolute Gasteiger partial charge is 0.337 e. The third-order valence-electron chi connectivity index (χ3n) is 6.57. The van der Waals surface area contributed by atoms with E-state index in [9.17, 15) is 9.59 Å². The summed E-state index contributed by atoms with van der Waals surface area (Å²) >= 11 is 0. The topological polar surface area (TPSA) is 74.4 Å². The minimum atomic E-state index is -0.323. The second kappa shape index (κ2) is 11.4. The van der Waals surface area contributed by atoms with Gasteiger partial charge in [-0.3, -0.25) is 9.69 Å².